The van der Waals surface area contributed by atoms with E-state index in [1.54, 1.807) is 5.19 Å². The van der Waals surface area contributed by atoms with Gasteiger partial charge in [-0.15, -0.1) is 0 Å². The largest absolute Gasteiger partial charge is 0.0917 e. The molecule has 14 heavy (non-hydrogen) atoms. The highest BCUT2D eigenvalue weighted by Crippen LogP contribution is 2.22. The molecule has 0 bridgehead atoms. The number of benzene rings is 1. The van der Waals surface area contributed by atoms with E-state index in [1.165, 1.54) is 0 Å². The molecular formula is C13H20Si. The van der Waals surface area contributed by atoms with Crippen LogP contribution in [-0.2, 0) is 0 Å². The maximum atomic E-state index is 2.44. The Hall–Kier alpha value is -0.823. The second-order valence-electron chi connectivity index (χ2n) is 4.40. The fraction of sp³-hybridized carbons (Fsp3) is 0.385. The number of rotatable bonds is 3. The van der Waals surface area contributed by atoms with E-state index >= 15 is 0 Å². The zero-order valence-electron chi connectivity index (χ0n) is 9.62. The van der Waals surface area contributed by atoms with Gasteiger partial charge in [0.25, 0.3) is 0 Å². The minimum Gasteiger partial charge on any atom is -0.0917 e. The van der Waals surface area contributed by atoms with E-state index in [-0.39, 0.29) is 0 Å². The second kappa shape index (κ2) is 4.60. The molecule has 0 radical (unpaired) electrons. The van der Waals surface area contributed by atoms with E-state index in [1.807, 2.05) is 0 Å². The molecule has 0 saturated heterocycles. The van der Waals surface area contributed by atoms with Crippen LogP contribution in [0.15, 0.2) is 42.5 Å². The van der Waals surface area contributed by atoms with Gasteiger partial charge in [0.1, 0.15) is 0 Å². The summed E-state index contributed by atoms with van der Waals surface area (Å²) in [4.78, 5) is 0. The Morgan fingerprint density at radius 1 is 1.14 bits per heavy atom. The summed E-state index contributed by atoms with van der Waals surface area (Å²) in [5.74, 6) is 0. The highest BCUT2D eigenvalue weighted by Gasteiger charge is 2.28. The van der Waals surface area contributed by atoms with Crippen LogP contribution in [0, 0.1) is 0 Å². The summed E-state index contributed by atoms with van der Waals surface area (Å²) in [7, 11) is -1.29. The molecule has 0 N–H and O–H groups in total. The predicted octanol–water partition coefficient (Wildman–Crippen LogP) is 3.57. The van der Waals surface area contributed by atoms with E-state index in [4.69, 9.17) is 0 Å². The molecule has 1 aromatic rings. The Balaban J connectivity index is 2.95. The smallest absolute Gasteiger partial charge is 0.0871 e. The summed E-state index contributed by atoms with van der Waals surface area (Å²) in [5.41, 5.74) is 0.704. The van der Waals surface area contributed by atoms with Gasteiger partial charge >= 0.3 is 0 Å². The van der Waals surface area contributed by atoms with E-state index in [2.05, 4.69) is 69.4 Å². The average Bonchev–Trinajstić information content (AvgIpc) is 2.19. The van der Waals surface area contributed by atoms with Crippen LogP contribution in [-0.4, -0.2) is 8.07 Å². The third kappa shape index (κ3) is 2.35. The first-order chi connectivity index (χ1) is 6.59. The summed E-state index contributed by atoms with van der Waals surface area (Å²) in [5, 5.41) is 1.55. The summed E-state index contributed by atoms with van der Waals surface area (Å²) < 4.78 is 0. The Bertz CT molecular complexity index is 298. The number of hydrogen-bond donors (Lipinski definition) is 0. The highest BCUT2D eigenvalue weighted by atomic mass is 28.3. The SMILES string of the molecule is CC=C[C@@H](C)[Si](C)(C)c1ccccc1. The summed E-state index contributed by atoms with van der Waals surface area (Å²) >= 11 is 0. The van der Waals surface area contributed by atoms with Crippen LogP contribution in [0.1, 0.15) is 13.8 Å². The normalized spacial score (nSPS) is 14.6. The lowest BCUT2D eigenvalue weighted by molar-refractivity contribution is 1.13. The lowest BCUT2D eigenvalue weighted by Crippen LogP contribution is -2.44. The second-order valence-corrected chi connectivity index (χ2v) is 9.33. The van der Waals surface area contributed by atoms with Gasteiger partial charge in [-0.05, 0) is 12.5 Å². The van der Waals surface area contributed by atoms with Crippen LogP contribution in [0.5, 0.6) is 0 Å². The molecule has 1 rings (SSSR count). The molecule has 0 aliphatic heterocycles. The Morgan fingerprint density at radius 3 is 2.21 bits per heavy atom. The Labute approximate surface area is 88.7 Å². The molecule has 1 atom stereocenters. The third-order valence-corrected chi connectivity index (χ3v) is 7.43. The van der Waals surface area contributed by atoms with Gasteiger partial charge in [0.2, 0.25) is 0 Å². The highest BCUT2D eigenvalue weighted by molar-refractivity contribution is 6.91. The molecule has 0 saturated carbocycles. The van der Waals surface area contributed by atoms with E-state index in [9.17, 15) is 0 Å². The van der Waals surface area contributed by atoms with Gasteiger partial charge in [0.05, 0.1) is 8.07 Å². The fourth-order valence-electron chi connectivity index (χ4n) is 1.66. The zero-order chi connectivity index (χ0) is 10.6. The first-order valence-electron chi connectivity index (χ1n) is 5.27. The summed E-state index contributed by atoms with van der Waals surface area (Å²) in [6.07, 6.45) is 4.50. The third-order valence-electron chi connectivity index (χ3n) is 3.14. The van der Waals surface area contributed by atoms with Gasteiger partial charge in [0.15, 0.2) is 0 Å². The topological polar surface area (TPSA) is 0 Å². The van der Waals surface area contributed by atoms with Crippen molar-refractivity contribution in [2.24, 2.45) is 0 Å². The standard InChI is InChI=1S/C13H20Si/c1-5-9-12(2)14(3,4)13-10-7-6-8-11-13/h5-12H,1-4H3/t12-/m1/s1. The lowest BCUT2D eigenvalue weighted by atomic mass is 10.4. The molecule has 0 aromatic heterocycles. The first-order valence-corrected chi connectivity index (χ1v) is 8.35. The number of hydrogen-bond acceptors (Lipinski definition) is 0. The van der Waals surface area contributed by atoms with Gasteiger partial charge in [-0.1, -0.05) is 67.7 Å². The van der Waals surface area contributed by atoms with Crippen molar-refractivity contribution in [3.63, 3.8) is 0 Å². The predicted molar refractivity (Wildman–Crippen MR) is 67.8 cm³/mol. The van der Waals surface area contributed by atoms with Gasteiger partial charge in [-0.25, -0.2) is 0 Å². The molecule has 76 valence electrons. The molecule has 1 aromatic carbocycles. The van der Waals surface area contributed by atoms with Crippen LogP contribution < -0.4 is 5.19 Å². The minimum absolute atomic E-state index is 0.704. The lowest BCUT2D eigenvalue weighted by Gasteiger charge is -2.28. The number of allylic oxidation sites excluding steroid dienone is 2. The molecular weight excluding hydrogens is 184 g/mol. The van der Waals surface area contributed by atoms with Gasteiger partial charge in [-0.3, -0.25) is 0 Å². The van der Waals surface area contributed by atoms with Crippen molar-refractivity contribution in [3.8, 4) is 0 Å². The molecule has 0 spiro atoms. The molecule has 0 unspecified atom stereocenters. The molecule has 0 nitrogen and oxygen atoms in total. The molecule has 0 heterocycles. The molecule has 0 aliphatic rings. The molecule has 1 heteroatoms. The maximum absolute atomic E-state index is 2.44. The van der Waals surface area contributed by atoms with Crippen molar-refractivity contribution >= 4 is 13.3 Å². The van der Waals surface area contributed by atoms with Crippen molar-refractivity contribution < 1.29 is 0 Å². The average molecular weight is 204 g/mol. The summed E-state index contributed by atoms with van der Waals surface area (Å²) in [6.45, 7) is 9.31. The van der Waals surface area contributed by atoms with Crippen LogP contribution in [0.4, 0.5) is 0 Å². The van der Waals surface area contributed by atoms with Crippen LogP contribution in [0.2, 0.25) is 18.6 Å². The minimum atomic E-state index is -1.29. The molecule has 0 fully saturated rings. The van der Waals surface area contributed by atoms with Crippen LogP contribution >= 0.6 is 0 Å². The van der Waals surface area contributed by atoms with Crippen molar-refractivity contribution in [1.82, 2.24) is 0 Å². The molecule has 0 aliphatic carbocycles. The van der Waals surface area contributed by atoms with Gasteiger partial charge in [-0.2, -0.15) is 0 Å². The van der Waals surface area contributed by atoms with Gasteiger partial charge < -0.3 is 0 Å². The van der Waals surface area contributed by atoms with E-state index in [0.717, 1.165) is 0 Å². The van der Waals surface area contributed by atoms with Crippen molar-refractivity contribution in [2.75, 3.05) is 0 Å². The van der Waals surface area contributed by atoms with Crippen LogP contribution in [0.25, 0.3) is 0 Å². The Morgan fingerprint density at radius 2 is 1.71 bits per heavy atom. The monoisotopic (exact) mass is 204 g/mol. The quantitative estimate of drug-likeness (QED) is 0.521. The summed E-state index contributed by atoms with van der Waals surface area (Å²) in [6, 6.07) is 10.9. The zero-order valence-corrected chi connectivity index (χ0v) is 10.6. The first kappa shape index (κ1) is 11.3. The van der Waals surface area contributed by atoms with E-state index < -0.39 is 8.07 Å². The van der Waals surface area contributed by atoms with Gasteiger partial charge in [0, 0.05) is 0 Å². The maximum Gasteiger partial charge on any atom is 0.0871 e. The van der Waals surface area contributed by atoms with Crippen molar-refractivity contribution in [3.05, 3.63) is 42.5 Å². The van der Waals surface area contributed by atoms with Crippen molar-refractivity contribution in [1.29, 1.82) is 0 Å². The van der Waals surface area contributed by atoms with Crippen LogP contribution in [0.3, 0.4) is 0 Å². The molecule has 0 amide bonds. The van der Waals surface area contributed by atoms with E-state index in [0.29, 0.717) is 5.54 Å². The van der Waals surface area contributed by atoms with Crippen molar-refractivity contribution in [2.45, 2.75) is 32.5 Å². The Kier molecular flexibility index (Phi) is 3.70. The fourth-order valence-corrected chi connectivity index (χ4v) is 3.91.